The lowest BCUT2D eigenvalue weighted by molar-refractivity contribution is -0.172. The molecular weight excluding hydrogens is 261 g/mol. The van der Waals surface area contributed by atoms with Crippen LogP contribution in [0.1, 0.15) is 17.3 Å². The van der Waals surface area contributed by atoms with E-state index in [0.717, 1.165) is 0 Å². The van der Waals surface area contributed by atoms with Crippen molar-refractivity contribution in [2.45, 2.75) is 13.1 Å². The zero-order valence-electron chi connectivity index (χ0n) is 10.4. The van der Waals surface area contributed by atoms with Gasteiger partial charge in [-0.1, -0.05) is 0 Å². The third-order valence-electron chi connectivity index (χ3n) is 2.27. The van der Waals surface area contributed by atoms with Gasteiger partial charge in [0.2, 0.25) is 0 Å². The van der Waals surface area contributed by atoms with Crippen molar-refractivity contribution in [3.63, 3.8) is 0 Å². The molecule has 19 heavy (non-hydrogen) atoms. The van der Waals surface area contributed by atoms with Crippen LogP contribution in [0.25, 0.3) is 0 Å². The van der Waals surface area contributed by atoms with Gasteiger partial charge in [-0.3, -0.25) is 4.79 Å². The van der Waals surface area contributed by atoms with Crippen LogP contribution in [-0.2, 0) is 4.74 Å². The summed E-state index contributed by atoms with van der Waals surface area (Å²) < 4.78 is 39.8. The molecule has 1 aromatic rings. The van der Waals surface area contributed by atoms with Crippen LogP contribution in [0.4, 0.5) is 24.5 Å². The van der Waals surface area contributed by atoms with Crippen LogP contribution in [0.2, 0.25) is 0 Å². The Morgan fingerprint density at radius 1 is 1.42 bits per heavy atom. The number of alkyl halides is 3. The van der Waals surface area contributed by atoms with Crippen molar-refractivity contribution in [3.05, 3.63) is 23.8 Å². The van der Waals surface area contributed by atoms with Crippen LogP contribution in [0.3, 0.4) is 0 Å². The minimum Gasteiger partial charge on any atom is -0.398 e. The molecule has 0 saturated heterocycles. The number of nitrogens with one attached hydrogen (secondary N) is 1. The molecule has 0 saturated carbocycles. The highest BCUT2D eigenvalue weighted by molar-refractivity contribution is 5.99. The second-order valence-electron chi connectivity index (χ2n) is 3.95. The number of carbonyl (C=O) groups excluding carboxylic acids is 1. The molecule has 0 aliphatic heterocycles. The van der Waals surface area contributed by atoms with Gasteiger partial charge in [-0.05, 0) is 25.1 Å². The Morgan fingerprint density at radius 2 is 2.11 bits per heavy atom. The highest BCUT2D eigenvalue weighted by Gasteiger charge is 2.27. The highest BCUT2D eigenvalue weighted by Crippen LogP contribution is 2.18. The molecule has 0 aliphatic carbocycles. The molecule has 3 N–H and O–H groups in total. The standard InChI is InChI=1S/C12H15F3N2O2/c1-8(18)10-3-2-9(6-11(10)16)17-4-5-19-7-12(13,14)15/h2-3,6,17H,4-5,7,16H2,1H3. The Morgan fingerprint density at radius 3 is 2.63 bits per heavy atom. The van der Waals surface area contributed by atoms with Crippen molar-refractivity contribution >= 4 is 17.2 Å². The number of nitrogen functional groups attached to an aromatic ring is 1. The number of carbonyl (C=O) groups is 1. The number of hydrogen-bond acceptors (Lipinski definition) is 4. The van der Waals surface area contributed by atoms with Crippen molar-refractivity contribution < 1.29 is 22.7 Å². The van der Waals surface area contributed by atoms with Gasteiger partial charge in [0.05, 0.1) is 6.61 Å². The van der Waals surface area contributed by atoms with Crippen LogP contribution in [0.5, 0.6) is 0 Å². The number of Topliss-reactive ketones (excluding diaryl/α,β-unsaturated/α-hetero) is 1. The fraction of sp³-hybridized carbons (Fsp3) is 0.417. The van der Waals surface area contributed by atoms with Gasteiger partial charge >= 0.3 is 6.18 Å². The maximum absolute atomic E-state index is 11.8. The largest absolute Gasteiger partial charge is 0.411 e. The van der Waals surface area contributed by atoms with Gasteiger partial charge in [-0.2, -0.15) is 13.2 Å². The van der Waals surface area contributed by atoms with Crippen LogP contribution in [0.15, 0.2) is 18.2 Å². The van der Waals surface area contributed by atoms with E-state index in [1.807, 2.05) is 0 Å². The fourth-order valence-electron chi connectivity index (χ4n) is 1.45. The molecule has 0 fully saturated rings. The first-order chi connectivity index (χ1) is 8.79. The Labute approximate surface area is 108 Å². The summed E-state index contributed by atoms with van der Waals surface area (Å²) >= 11 is 0. The lowest BCUT2D eigenvalue weighted by atomic mass is 10.1. The zero-order valence-corrected chi connectivity index (χ0v) is 10.4. The van der Waals surface area contributed by atoms with Crippen molar-refractivity contribution in [1.29, 1.82) is 0 Å². The average molecular weight is 276 g/mol. The van der Waals surface area contributed by atoms with Crippen LogP contribution in [0, 0.1) is 0 Å². The summed E-state index contributed by atoms with van der Waals surface area (Å²) in [6.07, 6.45) is -4.31. The summed E-state index contributed by atoms with van der Waals surface area (Å²) in [6, 6.07) is 4.76. The molecule has 106 valence electrons. The molecule has 0 bridgehead atoms. The molecule has 7 heteroatoms. The van der Waals surface area contributed by atoms with E-state index < -0.39 is 12.8 Å². The molecule has 1 rings (SSSR count). The Kier molecular flexibility index (Phi) is 5.17. The average Bonchev–Trinajstić information content (AvgIpc) is 2.26. The molecule has 0 atom stereocenters. The van der Waals surface area contributed by atoms with Crippen LogP contribution >= 0.6 is 0 Å². The first kappa shape index (κ1) is 15.3. The van der Waals surface area contributed by atoms with Gasteiger partial charge in [-0.15, -0.1) is 0 Å². The molecule has 0 amide bonds. The van der Waals surface area contributed by atoms with E-state index in [2.05, 4.69) is 10.1 Å². The number of hydrogen-bond donors (Lipinski definition) is 2. The Bertz CT molecular complexity index is 447. The minimum atomic E-state index is -4.31. The predicted molar refractivity (Wildman–Crippen MR) is 66.2 cm³/mol. The van der Waals surface area contributed by atoms with E-state index in [9.17, 15) is 18.0 Å². The van der Waals surface area contributed by atoms with Crippen LogP contribution in [-0.4, -0.2) is 31.7 Å². The number of halogens is 3. The van der Waals surface area contributed by atoms with E-state index in [0.29, 0.717) is 16.9 Å². The number of ether oxygens (including phenoxy) is 1. The monoisotopic (exact) mass is 276 g/mol. The fourth-order valence-corrected chi connectivity index (χ4v) is 1.45. The maximum Gasteiger partial charge on any atom is 0.411 e. The molecule has 1 aromatic carbocycles. The maximum atomic E-state index is 11.8. The lowest BCUT2D eigenvalue weighted by Gasteiger charge is -2.10. The van der Waals surface area contributed by atoms with Gasteiger partial charge in [0.15, 0.2) is 5.78 Å². The second-order valence-corrected chi connectivity index (χ2v) is 3.95. The number of anilines is 2. The van der Waals surface area contributed by atoms with Crippen molar-refractivity contribution in [3.8, 4) is 0 Å². The molecule has 0 aromatic heterocycles. The van der Waals surface area contributed by atoms with Crippen molar-refractivity contribution in [2.24, 2.45) is 0 Å². The molecule has 0 spiro atoms. The summed E-state index contributed by atoms with van der Waals surface area (Å²) in [6.45, 7) is 0.284. The summed E-state index contributed by atoms with van der Waals surface area (Å²) in [7, 11) is 0. The van der Waals surface area contributed by atoms with E-state index in [1.54, 1.807) is 18.2 Å². The van der Waals surface area contributed by atoms with E-state index >= 15 is 0 Å². The van der Waals surface area contributed by atoms with E-state index in [-0.39, 0.29) is 18.9 Å². The van der Waals surface area contributed by atoms with Gasteiger partial charge < -0.3 is 15.8 Å². The summed E-state index contributed by atoms with van der Waals surface area (Å²) in [5.74, 6) is -0.141. The number of benzene rings is 1. The molecule has 0 unspecified atom stereocenters. The summed E-state index contributed by atoms with van der Waals surface area (Å²) in [4.78, 5) is 11.1. The Balaban J connectivity index is 2.38. The van der Waals surface area contributed by atoms with E-state index in [1.165, 1.54) is 6.92 Å². The molecule has 4 nitrogen and oxygen atoms in total. The quantitative estimate of drug-likeness (QED) is 0.476. The SMILES string of the molecule is CC(=O)c1ccc(NCCOCC(F)(F)F)cc1N. The molecular formula is C12H15F3N2O2. The number of rotatable bonds is 6. The molecule has 0 heterocycles. The third kappa shape index (κ3) is 5.60. The molecule has 0 radical (unpaired) electrons. The normalized spacial score (nSPS) is 11.4. The zero-order chi connectivity index (χ0) is 14.5. The Hall–Kier alpha value is -1.76. The van der Waals surface area contributed by atoms with Crippen molar-refractivity contribution in [1.82, 2.24) is 0 Å². The predicted octanol–water partition coefficient (Wildman–Crippen LogP) is 2.46. The van der Waals surface area contributed by atoms with Crippen LogP contribution < -0.4 is 11.1 Å². The number of nitrogens with two attached hydrogens (primary N) is 1. The first-order valence-electron chi connectivity index (χ1n) is 5.58. The van der Waals surface area contributed by atoms with Gasteiger partial charge in [0.1, 0.15) is 6.61 Å². The highest BCUT2D eigenvalue weighted by atomic mass is 19.4. The second kappa shape index (κ2) is 6.42. The van der Waals surface area contributed by atoms with Gasteiger partial charge in [0, 0.05) is 23.5 Å². The summed E-state index contributed by atoms with van der Waals surface area (Å²) in [5, 5.41) is 2.85. The number of ketones is 1. The topological polar surface area (TPSA) is 64.3 Å². The summed E-state index contributed by atoms with van der Waals surface area (Å²) in [5.41, 5.74) is 7.04. The molecule has 0 aliphatic rings. The van der Waals surface area contributed by atoms with Gasteiger partial charge in [-0.25, -0.2) is 0 Å². The lowest BCUT2D eigenvalue weighted by Crippen LogP contribution is -2.20. The minimum absolute atomic E-state index is 0.0755. The van der Waals surface area contributed by atoms with Gasteiger partial charge in [0.25, 0.3) is 0 Å². The first-order valence-corrected chi connectivity index (χ1v) is 5.58. The van der Waals surface area contributed by atoms with Crippen molar-refractivity contribution in [2.75, 3.05) is 30.8 Å². The van der Waals surface area contributed by atoms with E-state index in [4.69, 9.17) is 5.73 Å². The smallest absolute Gasteiger partial charge is 0.398 e. The third-order valence-corrected chi connectivity index (χ3v) is 2.27.